The van der Waals surface area contributed by atoms with E-state index in [1.165, 1.54) is 12.1 Å². The monoisotopic (exact) mass is 396 g/mol. The first-order valence-electron chi connectivity index (χ1n) is 7.86. The van der Waals surface area contributed by atoms with Gasteiger partial charge < -0.3 is 20.5 Å². The summed E-state index contributed by atoms with van der Waals surface area (Å²) in [5.41, 5.74) is -0.0332. The van der Waals surface area contributed by atoms with E-state index >= 15 is 0 Å². The number of nitrogens with one attached hydrogen (secondary N) is 2. The topological polar surface area (TPSA) is 105 Å². The third-order valence-corrected chi connectivity index (χ3v) is 3.46. The van der Waals surface area contributed by atoms with Crippen LogP contribution in [-0.4, -0.2) is 36.0 Å². The minimum absolute atomic E-state index is 0.126. The highest BCUT2D eigenvalue weighted by molar-refractivity contribution is 5.96. The molecule has 0 aliphatic carbocycles. The number of anilines is 1. The number of carbonyl (C=O) groups is 3. The van der Waals surface area contributed by atoms with Crippen molar-refractivity contribution < 1.29 is 37.4 Å². The van der Waals surface area contributed by atoms with Gasteiger partial charge in [0.15, 0.2) is 24.1 Å². The van der Waals surface area contributed by atoms with E-state index in [2.05, 4.69) is 5.32 Å². The molecule has 0 aromatic heterocycles. The van der Waals surface area contributed by atoms with E-state index in [0.29, 0.717) is 11.6 Å². The molecular weight excluding hydrogens is 381 g/mol. The summed E-state index contributed by atoms with van der Waals surface area (Å²) in [6.45, 7) is 0.320. The molecule has 0 radical (unpaired) electrons. The molecule has 0 bridgehead atoms. The van der Waals surface area contributed by atoms with Crippen molar-refractivity contribution >= 4 is 23.5 Å². The standard InChI is InChI=1S/C18H15F3N2O5/c1-9-2-5-13(24)10(6-9)18(27)28-8-15(26)22-7-14(25)23-12-4-3-11(19)16(20)17(12)21/h2-6,24H,7-8H2,1H3,(H,22,26)(H,23,25). The van der Waals surface area contributed by atoms with Crippen LogP contribution in [-0.2, 0) is 14.3 Å². The Morgan fingerprint density at radius 3 is 2.46 bits per heavy atom. The Morgan fingerprint density at radius 1 is 1.04 bits per heavy atom. The molecule has 2 aromatic rings. The number of hydrogen-bond donors (Lipinski definition) is 3. The van der Waals surface area contributed by atoms with Crippen LogP contribution in [0.15, 0.2) is 30.3 Å². The van der Waals surface area contributed by atoms with Crippen molar-refractivity contribution in [3.63, 3.8) is 0 Å². The average molecular weight is 396 g/mol. The van der Waals surface area contributed by atoms with Crippen LogP contribution in [0.5, 0.6) is 5.75 Å². The van der Waals surface area contributed by atoms with E-state index in [1.54, 1.807) is 13.0 Å². The van der Waals surface area contributed by atoms with Gasteiger partial charge in [-0.25, -0.2) is 18.0 Å². The van der Waals surface area contributed by atoms with Crippen molar-refractivity contribution in [1.29, 1.82) is 0 Å². The fraction of sp³-hybridized carbons (Fsp3) is 0.167. The van der Waals surface area contributed by atoms with Gasteiger partial charge in [0, 0.05) is 0 Å². The van der Waals surface area contributed by atoms with Gasteiger partial charge in [-0.1, -0.05) is 11.6 Å². The van der Waals surface area contributed by atoms with Crippen LogP contribution >= 0.6 is 0 Å². The van der Waals surface area contributed by atoms with Gasteiger partial charge in [0.2, 0.25) is 5.91 Å². The number of halogens is 3. The number of benzene rings is 2. The van der Waals surface area contributed by atoms with Crippen molar-refractivity contribution in [3.05, 3.63) is 58.9 Å². The molecule has 0 saturated carbocycles. The molecule has 148 valence electrons. The molecule has 2 rings (SSSR count). The third kappa shape index (κ3) is 5.22. The highest BCUT2D eigenvalue weighted by Crippen LogP contribution is 2.20. The zero-order chi connectivity index (χ0) is 20.8. The number of phenols is 1. The van der Waals surface area contributed by atoms with Crippen LogP contribution in [0, 0.1) is 24.4 Å². The van der Waals surface area contributed by atoms with Crippen LogP contribution in [0.3, 0.4) is 0 Å². The number of aromatic hydroxyl groups is 1. The summed E-state index contributed by atoms with van der Waals surface area (Å²) in [4.78, 5) is 35.1. The second kappa shape index (κ2) is 8.89. The number of hydrogen-bond acceptors (Lipinski definition) is 5. The maximum Gasteiger partial charge on any atom is 0.342 e. The number of phenolic OH excluding ortho intramolecular Hbond substituents is 1. The zero-order valence-electron chi connectivity index (χ0n) is 14.5. The Morgan fingerprint density at radius 2 is 1.75 bits per heavy atom. The number of carbonyl (C=O) groups excluding carboxylic acids is 3. The lowest BCUT2D eigenvalue weighted by Crippen LogP contribution is -2.35. The van der Waals surface area contributed by atoms with Crippen LogP contribution in [0.25, 0.3) is 0 Å². The van der Waals surface area contributed by atoms with E-state index in [-0.39, 0.29) is 11.3 Å². The van der Waals surface area contributed by atoms with Crippen molar-refractivity contribution in [2.45, 2.75) is 6.92 Å². The second-order valence-corrected chi connectivity index (χ2v) is 5.64. The van der Waals surface area contributed by atoms with E-state index in [1.807, 2.05) is 5.32 Å². The number of aryl methyl sites for hydroxylation is 1. The highest BCUT2D eigenvalue weighted by atomic mass is 19.2. The predicted octanol–water partition coefficient (Wildman–Crippen LogP) is 2.03. The van der Waals surface area contributed by atoms with Gasteiger partial charge in [-0.2, -0.15) is 0 Å². The molecule has 0 spiro atoms. The van der Waals surface area contributed by atoms with Gasteiger partial charge in [-0.15, -0.1) is 0 Å². The lowest BCUT2D eigenvalue weighted by atomic mass is 10.1. The van der Waals surface area contributed by atoms with Crippen LogP contribution in [0.1, 0.15) is 15.9 Å². The molecule has 0 atom stereocenters. The molecule has 3 N–H and O–H groups in total. The molecule has 0 saturated heterocycles. The first-order chi connectivity index (χ1) is 13.2. The number of rotatable bonds is 6. The molecule has 2 aromatic carbocycles. The van der Waals surface area contributed by atoms with Gasteiger partial charge in [0.05, 0.1) is 12.2 Å². The Balaban J connectivity index is 1.82. The summed E-state index contributed by atoms with van der Waals surface area (Å²) in [5.74, 6) is -7.75. The third-order valence-electron chi connectivity index (χ3n) is 3.46. The molecule has 0 heterocycles. The molecule has 0 fully saturated rings. The molecule has 10 heteroatoms. The van der Waals surface area contributed by atoms with E-state index in [4.69, 9.17) is 4.74 Å². The summed E-state index contributed by atoms with van der Waals surface area (Å²) in [6.07, 6.45) is 0. The Kier molecular flexibility index (Phi) is 6.59. The van der Waals surface area contributed by atoms with Crippen molar-refractivity contribution in [2.75, 3.05) is 18.5 Å². The molecular formula is C18H15F3N2O5. The summed E-state index contributed by atoms with van der Waals surface area (Å²) >= 11 is 0. The fourth-order valence-corrected chi connectivity index (χ4v) is 2.07. The van der Waals surface area contributed by atoms with E-state index in [0.717, 1.165) is 6.07 Å². The minimum Gasteiger partial charge on any atom is -0.507 e. The first kappa shape index (κ1) is 20.7. The Hall–Kier alpha value is -3.56. The quantitative estimate of drug-likeness (QED) is 0.512. The number of esters is 1. The smallest absolute Gasteiger partial charge is 0.342 e. The van der Waals surface area contributed by atoms with Crippen LogP contribution < -0.4 is 10.6 Å². The molecule has 0 aliphatic heterocycles. The SMILES string of the molecule is Cc1ccc(O)c(C(=O)OCC(=O)NCC(=O)Nc2ccc(F)c(F)c2F)c1. The Bertz CT molecular complexity index is 934. The number of ether oxygens (including phenoxy) is 1. The van der Waals surface area contributed by atoms with Gasteiger partial charge in [0.1, 0.15) is 11.3 Å². The lowest BCUT2D eigenvalue weighted by Gasteiger charge is -2.09. The van der Waals surface area contributed by atoms with Crippen molar-refractivity contribution in [3.8, 4) is 5.75 Å². The summed E-state index contributed by atoms with van der Waals surface area (Å²) in [7, 11) is 0. The number of amides is 2. The van der Waals surface area contributed by atoms with E-state index < -0.39 is 54.1 Å². The van der Waals surface area contributed by atoms with Gasteiger partial charge in [-0.05, 0) is 31.2 Å². The van der Waals surface area contributed by atoms with Crippen molar-refractivity contribution in [1.82, 2.24) is 5.32 Å². The maximum absolute atomic E-state index is 13.5. The van der Waals surface area contributed by atoms with Gasteiger partial charge in [-0.3, -0.25) is 9.59 Å². The minimum atomic E-state index is -1.74. The molecule has 28 heavy (non-hydrogen) atoms. The summed E-state index contributed by atoms with van der Waals surface area (Å²) in [6, 6.07) is 5.71. The lowest BCUT2D eigenvalue weighted by molar-refractivity contribution is -0.126. The molecule has 2 amide bonds. The zero-order valence-corrected chi connectivity index (χ0v) is 14.5. The van der Waals surface area contributed by atoms with Crippen molar-refractivity contribution in [2.24, 2.45) is 0 Å². The average Bonchev–Trinajstić information content (AvgIpc) is 2.66. The fourth-order valence-electron chi connectivity index (χ4n) is 2.07. The largest absolute Gasteiger partial charge is 0.507 e. The van der Waals surface area contributed by atoms with E-state index in [9.17, 15) is 32.7 Å². The molecule has 0 aliphatic rings. The second-order valence-electron chi connectivity index (χ2n) is 5.64. The van der Waals surface area contributed by atoms with Crippen LogP contribution in [0.4, 0.5) is 18.9 Å². The molecule has 7 nitrogen and oxygen atoms in total. The highest BCUT2D eigenvalue weighted by Gasteiger charge is 2.17. The van der Waals surface area contributed by atoms with Gasteiger partial charge >= 0.3 is 5.97 Å². The normalized spacial score (nSPS) is 10.3. The summed E-state index contributed by atoms with van der Waals surface area (Å²) in [5, 5.41) is 13.7. The first-order valence-corrected chi connectivity index (χ1v) is 7.86. The van der Waals surface area contributed by atoms with Gasteiger partial charge in [0.25, 0.3) is 5.91 Å². The van der Waals surface area contributed by atoms with Crippen LogP contribution in [0.2, 0.25) is 0 Å². The maximum atomic E-state index is 13.5. The molecule has 0 unspecified atom stereocenters. The Labute approximate surface area is 157 Å². The predicted molar refractivity (Wildman–Crippen MR) is 91.1 cm³/mol. The summed E-state index contributed by atoms with van der Waals surface area (Å²) < 4.78 is 44.1.